The van der Waals surface area contributed by atoms with Crippen LogP contribution in [0.5, 0.6) is 0 Å². The summed E-state index contributed by atoms with van der Waals surface area (Å²) in [5.74, 6) is -0.153. The van der Waals surface area contributed by atoms with Crippen molar-refractivity contribution in [2.45, 2.75) is 77.1 Å². The number of hydrogen-bond acceptors (Lipinski definition) is 2. The molecule has 0 saturated heterocycles. The summed E-state index contributed by atoms with van der Waals surface area (Å²) in [5.41, 5.74) is 1.90. The zero-order valence-electron chi connectivity index (χ0n) is 16.5. The number of hydrogen-bond donors (Lipinski definition) is 1. The predicted octanol–water partition coefficient (Wildman–Crippen LogP) is 4.97. The van der Waals surface area contributed by atoms with Gasteiger partial charge in [-0.3, -0.25) is 4.90 Å². The van der Waals surface area contributed by atoms with Crippen molar-refractivity contribution in [3.05, 3.63) is 59.7 Å². The van der Waals surface area contributed by atoms with Crippen molar-refractivity contribution in [3.63, 3.8) is 0 Å². The Morgan fingerprint density at radius 1 is 1.15 bits per heavy atom. The maximum Gasteiger partial charge on any atom is 0.128 e. The number of aliphatic hydroxyl groups is 1. The molecule has 0 aliphatic heterocycles. The van der Waals surface area contributed by atoms with Crippen LogP contribution in [0.25, 0.3) is 0 Å². The quantitative estimate of drug-likeness (QED) is 0.673. The molecule has 1 aliphatic rings. The molecule has 2 aromatic rings. The van der Waals surface area contributed by atoms with Crippen LogP contribution < -0.4 is 0 Å². The zero-order valence-corrected chi connectivity index (χ0v) is 16.5. The van der Waals surface area contributed by atoms with Gasteiger partial charge in [-0.25, -0.2) is 4.39 Å². The van der Waals surface area contributed by atoms with Crippen LogP contribution in [0.15, 0.2) is 42.6 Å². The van der Waals surface area contributed by atoms with Crippen LogP contribution in [-0.4, -0.2) is 33.3 Å². The molecule has 3 nitrogen and oxygen atoms in total. The molecular formula is C23H33FN2O. The van der Waals surface area contributed by atoms with Crippen molar-refractivity contribution in [1.29, 1.82) is 0 Å². The topological polar surface area (TPSA) is 28.4 Å². The third-order valence-electron chi connectivity index (χ3n) is 5.75. The van der Waals surface area contributed by atoms with Gasteiger partial charge in [0.2, 0.25) is 0 Å². The molecule has 0 amide bonds. The zero-order chi connectivity index (χ0) is 19.1. The molecule has 1 fully saturated rings. The summed E-state index contributed by atoms with van der Waals surface area (Å²) in [7, 11) is 0. The van der Waals surface area contributed by atoms with E-state index in [-0.39, 0.29) is 11.9 Å². The van der Waals surface area contributed by atoms with Gasteiger partial charge in [0.05, 0.1) is 12.6 Å². The third kappa shape index (κ3) is 5.66. The highest BCUT2D eigenvalue weighted by Crippen LogP contribution is 2.25. The minimum absolute atomic E-state index is 0.153. The van der Waals surface area contributed by atoms with Gasteiger partial charge in [0.25, 0.3) is 0 Å². The van der Waals surface area contributed by atoms with Gasteiger partial charge in [0.15, 0.2) is 0 Å². The first-order chi connectivity index (χ1) is 13.2. The fourth-order valence-electron chi connectivity index (χ4n) is 4.25. The first-order valence-corrected chi connectivity index (χ1v) is 10.5. The lowest BCUT2D eigenvalue weighted by atomic mass is 9.93. The van der Waals surface area contributed by atoms with Crippen molar-refractivity contribution in [3.8, 4) is 0 Å². The lowest BCUT2D eigenvalue weighted by molar-refractivity contribution is 0.0615. The van der Waals surface area contributed by atoms with Crippen LogP contribution in [0.1, 0.15) is 63.1 Å². The normalized spacial score (nSPS) is 16.7. The van der Waals surface area contributed by atoms with E-state index in [1.165, 1.54) is 43.9 Å². The Bertz CT molecular complexity index is 693. The molecule has 0 radical (unpaired) electrons. The standard InChI is InChI=1S/C23H33FN2O/c1-2-9-22(27)18-26(20-11-4-3-5-12-20)17-21-13-8-15-25(21)16-19-10-6-7-14-23(19)24/h6-8,10,13-15,20,22,27H,2-5,9,11-12,16-18H2,1H3. The van der Waals surface area contributed by atoms with E-state index in [1.807, 2.05) is 24.4 Å². The summed E-state index contributed by atoms with van der Waals surface area (Å²) in [6.07, 6.45) is 9.92. The highest BCUT2D eigenvalue weighted by Gasteiger charge is 2.24. The highest BCUT2D eigenvalue weighted by molar-refractivity contribution is 5.19. The molecule has 1 saturated carbocycles. The van der Waals surface area contributed by atoms with E-state index >= 15 is 0 Å². The van der Waals surface area contributed by atoms with E-state index in [4.69, 9.17) is 0 Å². The first-order valence-electron chi connectivity index (χ1n) is 10.5. The SMILES string of the molecule is CCCC(O)CN(Cc1cccn1Cc1ccccc1F)C1CCCCC1. The van der Waals surface area contributed by atoms with E-state index in [0.717, 1.165) is 25.9 Å². The van der Waals surface area contributed by atoms with Gasteiger partial charge in [-0.2, -0.15) is 0 Å². The summed E-state index contributed by atoms with van der Waals surface area (Å²) in [6.45, 7) is 4.20. The van der Waals surface area contributed by atoms with Crippen LogP contribution in [0.2, 0.25) is 0 Å². The lowest BCUT2D eigenvalue weighted by Gasteiger charge is -2.36. The second-order valence-electron chi connectivity index (χ2n) is 7.88. The molecule has 27 heavy (non-hydrogen) atoms. The molecule has 1 N–H and O–H groups in total. The highest BCUT2D eigenvalue weighted by atomic mass is 19.1. The Balaban J connectivity index is 1.73. The lowest BCUT2D eigenvalue weighted by Crippen LogP contribution is -2.41. The summed E-state index contributed by atoms with van der Waals surface area (Å²) in [4.78, 5) is 2.46. The molecule has 1 aliphatic carbocycles. The largest absolute Gasteiger partial charge is 0.392 e. The van der Waals surface area contributed by atoms with Gasteiger partial charge in [0.1, 0.15) is 5.82 Å². The molecule has 1 atom stereocenters. The summed E-state index contributed by atoms with van der Waals surface area (Å²) < 4.78 is 16.2. The van der Waals surface area contributed by atoms with Gasteiger partial charge < -0.3 is 9.67 Å². The Morgan fingerprint density at radius 3 is 2.67 bits per heavy atom. The van der Waals surface area contributed by atoms with Crippen molar-refractivity contribution >= 4 is 0 Å². The maximum atomic E-state index is 14.1. The average molecular weight is 373 g/mol. The van der Waals surface area contributed by atoms with Crippen molar-refractivity contribution < 1.29 is 9.50 Å². The van der Waals surface area contributed by atoms with E-state index in [2.05, 4.69) is 22.5 Å². The third-order valence-corrected chi connectivity index (χ3v) is 5.75. The Hall–Kier alpha value is -1.65. The minimum atomic E-state index is -0.271. The molecule has 1 heterocycles. The number of aromatic nitrogens is 1. The number of rotatable bonds is 9. The molecule has 1 unspecified atom stereocenters. The van der Waals surface area contributed by atoms with Crippen molar-refractivity contribution in [2.24, 2.45) is 0 Å². The fraction of sp³-hybridized carbons (Fsp3) is 0.565. The summed E-state index contributed by atoms with van der Waals surface area (Å²) in [5, 5.41) is 10.4. The van der Waals surface area contributed by atoms with Gasteiger partial charge in [-0.1, -0.05) is 50.8 Å². The molecule has 148 valence electrons. The van der Waals surface area contributed by atoms with E-state index in [0.29, 0.717) is 18.2 Å². The maximum absolute atomic E-state index is 14.1. The number of nitrogens with zero attached hydrogens (tertiary/aromatic N) is 2. The Labute approximate surface area is 162 Å². The first kappa shape index (κ1) is 20.1. The second kappa shape index (κ2) is 10.0. The van der Waals surface area contributed by atoms with Gasteiger partial charge in [0, 0.05) is 36.6 Å². The van der Waals surface area contributed by atoms with E-state index in [1.54, 1.807) is 6.07 Å². The van der Waals surface area contributed by atoms with Gasteiger partial charge >= 0.3 is 0 Å². The van der Waals surface area contributed by atoms with E-state index < -0.39 is 0 Å². The van der Waals surface area contributed by atoms with Crippen LogP contribution in [-0.2, 0) is 13.1 Å². The molecule has 3 rings (SSSR count). The Kier molecular flexibility index (Phi) is 7.48. The number of aliphatic hydroxyl groups excluding tert-OH is 1. The van der Waals surface area contributed by atoms with Crippen molar-refractivity contribution in [1.82, 2.24) is 9.47 Å². The predicted molar refractivity (Wildman–Crippen MR) is 108 cm³/mol. The molecule has 4 heteroatoms. The summed E-state index contributed by atoms with van der Waals surface area (Å²) in [6, 6.07) is 11.7. The molecule has 0 bridgehead atoms. The van der Waals surface area contributed by atoms with Crippen molar-refractivity contribution in [2.75, 3.05) is 6.54 Å². The van der Waals surface area contributed by atoms with Crippen LogP contribution in [0.3, 0.4) is 0 Å². The average Bonchev–Trinajstić information content (AvgIpc) is 3.11. The minimum Gasteiger partial charge on any atom is -0.392 e. The molecular weight excluding hydrogens is 339 g/mol. The molecule has 1 aromatic carbocycles. The van der Waals surface area contributed by atoms with E-state index in [9.17, 15) is 9.50 Å². The van der Waals surface area contributed by atoms with Crippen LogP contribution in [0, 0.1) is 5.82 Å². The van der Waals surface area contributed by atoms with Crippen LogP contribution >= 0.6 is 0 Å². The van der Waals surface area contributed by atoms with Gasteiger partial charge in [-0.15, -0.1) is 0 Å². The number of benzene rings is 1. The molecule has 0 spiro atoms. The summed E-state index contributed by atoms with van der Waals surface area (Å²) >= 11 is 0. The Morgan fingerprint density at radius 2 is 1.93 bits per heavy atom. The monoisotopic (exact) mass is 372 g/mol. The molecule has 1 aromatic heterocycles. The second-order valence-corrected chi connectivity index (χ2v) is 7.88. The van der Waals surface area contributed by atoms with Crippen LogP contribution in [0.4, 0.5) is 4.39 Å². The smallest absolute Gasteiger partial charge is 0.128 e. The van der Waals surface area contributed by atoms with Gasteiger partial charge in [-0.05, 0) is 37.5 Å². The fourth-order valence-corrected chi connectivity index (χ4v) is 4.25. The number of halogens is 1.